The van der Waals surface area contributed by atoms with Gasteiger partial charge < -0.3 is 20.4 Å². The summed E-state index contributed by atoms with van der Waals surface area (Å²) in [5, 5.41) is 39.9. The Hall–Kier alpha value is -1.45. The summed E-state index contributed by atoms with van der Waals surface area (Å²) in [5.41, 5.74) is 2.45. The van der Waals surface area contributed by atoms with E-state index in [1.165, 1.54) is 0 Å². The van der Waals surface area contributed by atoms with Gasteiger partial charge in [0.05, 0.1) is 18.4 Å². The minimum atomic E-state index is -1.60. The largest absolute Gasteiger partial charge is 0.394 e. The highest BCUT2D eigenvalue weighted by molar-refractivity contribution is 7.80. The van der Waals surface area contributed by atoms with Crippen molar-refractivity contribution in [3.63, 3.8) is 0 Å². The Bertz CT molecular complexity index is 483. The number of carbonyl (C=O) groups excluding carboxylic acids is 1. The minimum Gasteiger partial charge on any atom is -0.394 e. The van der Waals surface area contributed by atoms with Crippen LogP contribution in [0.25, 0.3) is 0 Å². The molecule has 0 saturated heterocycles. The van der Waals surface area contributed by atoms with E-state index in [-0.39, 0.29) is 0 Å². The Morgan fingerprint density at radius 3 is 2.60 bits per heavy atom. The van der Waals surface area contributed by atoms with Gasteiger partial charge in [0.25, 0.3) is 5.91 Å². The zero-order valence-corrected chi connectivity index (χ0v) is 11.3. The molecule has 0 fully saturated rings. The molecule has 0 aliphatic carbocycles. The molecule has 0 radical (unpaired) electrons. The number of aliphatic hydroxyl groups excluding tert-OH is 4. The zero-order chi connectivity index (χ0) is 15.1. The number of carbonyl (C=O) groups is 1. The summed E-state index contributed by atoms with van der Waals surface area (Å²) in [4.78, 5) is 12.2. The summed E-state index contributed by atoms with van der Waals surface area (Å²) >= 11 is 4.11. The first-order valence-corrected chi connectivity index (χ1v) is 6.18. The molecular weight excluding hydrogens is 284 g/mol. The van der Waals surface area contributed by atoms with E-state index in [0.29, 0.717) is 10.5 Å². The first-order valence-electron chi connectivity index (χ1n) is 5.74. The molecule has 0 unspecified atom stereocenters. The number of benzene rings is 1. The Morgan fingerprint density at radius 1 is 1.35 bits per heavy atom. The van der Waals surface area contributed by atoms with Crippen LogP contribution in [0.4, 0.5) is 0 Å². The molecule has 7 nitrogen and oxygen atoms in total. The predicted molar refractivity (Wildman–Crippen MR) is 74.8 cm³/mol. The molecule has 1 aromatic rings. The van der Waals surface area contributed by atoms with Gasteiger partial charge in [-0.15, -0.1) is 12.6 Å². The molecule has 0 bridgehead atoms. The number of aliphatic hydroxyl groups is 4. The lowest BCUT2D eigenvalue weighted by Gasteiger charge is -2.17. The van der Waals surface area contributed by atoms with Gasteiger partial charge in [-0.1, -0.05) is 12.1 Å². The lowest BCUT2D eigenvalue weighted by Crippen LogP contribution is -2.40. The number of thiol groups is 1. The van der Waals surface area contributed by atoms with Crippen LogP contribution >= 0.6 is 12.6 Å². The lowest BCUT2D eigenvalue weighted by molar-refractivity contribution is -0.0542. The average Bonchev–Trinajstić information content (AvgIpc) is 2.45. The Kier molecular flexibility index (Phi) is 6.62. The molecule has 1 rings (SSSR count). The highest BCUT2D eigenvalue weighted by Crippen LogP contribution is 2.12. The van der Waals surface area contributed by atoms with E-state index in [2.05, 4.69) is 23.2 Å². The quantitative estimate of drug-likeness (QED) is 0.223. The maximum absolute atomic E-state index is 11.7. The molecule has 8 heteroatoms. The van der Waals surface area contributed by atoms with Gasteiger partial charge in [0.15, 0.2) is 0 Å². The zero-order valence-electron chi connectivity index (χ0n) is 10.4. The molecule has 1 aromatic carbocycles. The monoisotopic (exact) mass is 300 g/mol. The van der Waals surface area contributed by atoms with E-state index >= 15 is 0 Å². The van der Waals surface area contributed by atoms with E-state index in [0.717, 1.165) is 6.21 Å². The van der Waals surface area contributed by atoms with Crippen LogP contribution in [-0.4, -0.2) is 57.5 Å². The summed E-state index contributed by atoms with van der Waals surface area (Å²) in [5.74, 6) is -0.531. The van der Waals surface area contributed by atoms with E-state index in [1.54, 1.807) is 24.3 Å². The SMILES string of the molecule is O=C(NN=C[C@H](O)[C@H](O)[C@H](O)CO)c1ccccc1S. The Morgan fingerprint density at radius 2 is 2.00 bits per heavy atom. The van der Waals surface area contributed by atoms with Gasteiger partial charge in [-0.25, -0.2) is 5.43 Å². The summed E-state index contributed by atoms with van der Waals surface area (Å²) in [6.07, 6.45) is -3.77. The van der Waals surface area contributed by atoms with Gasteiger partial charge >= 0.3 is 0 Å². The van der Waals surface area contributed by atoms with Gasteiger partial charge in [0.2, 0.25) is 0 Å². The third kappa shape index (κ3) is 4.58. The normalized spacial score (nSPS) is 15.8. The molecule has 5 N–H and O–H groups in total. The second kappa shape index (κ2) is 7.98. The number of nitrogens with one attached hydrogen (secondary N) is 1. The lowest BCUT2D eigenvalue weighted by atomic mass is 10.1. The van der Waals surface area contributed by atoms with Crippen LogP contribution in [0, 0.1) is 0 Å². The van der Waals surface area contributed by atoms with Gasteiger partial charge in [0, 0.05) is 4.90 Å². The maximum atomic E-state index is 11.7. The van der Waals surface area contributed by atoms with Gasteiger partial charge in [0.1, 0.15) is 18.3 Å². The third-order valence-electron chi connectivity index (χ3n) is 2.47. The average molecular weight is 300 g/mol. The fourth-order valence-corrected chi connectivity index (χ4v) is 1.58. The molecular formula is C12H16N2O5S. The predicted octanol–water partition coefficient (Wildman–Crippen LogP) is -1.23. The molecule has 0 saturated carbocycles. The van der Waals surface area contributed by atoms with Crippen molar-refractivity contribution in [3.8, 4) is 0 Å². The molecule has 0 heterocycles. The summed E-state index contributed by atoms with van der Waals surface area (Å²) in [6.45, 7) is -0.703. The van der Waals surface area contributed by atoms with Crippen LogP contribution in [0.1, 0.15) is 10.4 Å². The highest BCUT2D eigenvalue weighted by Gasteiger charge is 2.22. The molecule has 1 amide bonds. The Balaban J connectivity index is 2.57. The van der Waals surface area contributed by atoms with Crippen LogP contribution in [0.5, 0.6) is 0 Å². The first-order chi connectivity index (χ1) is 9.47. The van der Waals surface area contributed by atoms with Gasteiger partial charge in [-0.2, -0.15) is 5.10 Å². The number of rotatable bonds is 6. The topological polar surface area (TPSA) is 122 Å². The van der Waals surface area contributed by atoms with Crippen LogP contribution < -0.4 is 5.43 Å². The summed E-state index contributed by atoms with van der Waals surface area (Å²) < 4.78 is 0. The van der Waals surface area contributed by atoms with Crippen LogP contribution in [0.2, 0.25) is 0 Å². The van der Waals surface area contributed by atoms with Crippen molar-refractivity contribution >= 4 is 24.8 Å². The molecule has 3 atom stereocenters. The fourth-order valence-electron chi connectivity index (χ4n) is 1.32. The van der Waals surface area contributed by atoms with Crippen LogP contribution in [0.15, 0.2) is 34.3 Å². The molecule has 0 aliphatic rings. The van der Waals surface area contributed by atoms with E-state index in [9.17, 15) is 15.0 Å². The van der Waals surface area contributed by atoms with Crippen LogP contribution in [0.3, 0.4) is 0 Å². The van der Waals surface area contributed by atoms with E-state index < -0.39 is 30.8 Å². The second-order valence-corrected chi connectivity index (χ2v) is 4.45. The highest BCUT2D eigenvalue weighted by atomic mass is 32.1. The number of hydrogen-bond donors (Lipinski definition) is 6. The molecule has 20 heavy (non-hydrogen) atoms. The van der Waals surface area contributed by atoms with Crippen molar-refractivity contribution in [2.45, 2.75) is 23.2 Å². The number of hydrazone groups is 1. The molecule has 0 spiro atoms. The van der Waals surface area contributed by atoms with Crippen molar-refractivity contribution < 1.29 is 25.2 Å². The third-order valence-corrected chi connectivity index (χ3v) is 2.86. The van der Waals surface area contributed by atoms with Crippen molar-refractivity contribution in [2.24, 2.45) is 5.10 Å². The van der Waals surface area contributed by atoms with Crippen molar-refractivity contribution in [1.29, 1.82) is 0 Å². The number of hydrogen-bond acceptors (Lipinski definition) is 7. The molecule has 110 valence electrons. The Labute approximate surface area is 121 Å². The van der Waals surface area contributed by atoms with Crippen molar-refractivity contribution in [1.82, 2.24) is 5.43 Å². The second-order valence-electron chi connectivity index (χ2n) is 3.97. The van der Waals surface area contributed by atoms with E-state index in [1.807, 2.05) is 0 Å². The minimum absolute atomic E-state index is 0.304. The summed E-state index contributed by atoms with van der Waals surface area (Å²) in [6, 6.07) is 6.57. The molecule has 0 aliphatic heterocycles. The van der Waals surface area contributed by atoms with Gasteiger partial charge in [-0.05, 0) is 12.1 Å². The van der Waals surface area contributed by atoms with Gasteiger partial charge in [-0.3, -0.25) is 4.79 Å². The van der Waals surface area contributed by atoms with Crippen LogP contribution in [-0.2, 0) is 0 Å². The smallest absolute Gasteiger partial charge is 0.272 e. The fraction of sp³-hybridized carbons (Fsp3) is 0.333. The number of nitrogens with zero attached hydrogens (tertiary/aromatic N) is 1. The maximum Gasteiger partial charge on any atom is 0.272 e. The van der Waals surface area contributed by atoms with E-state index in [4.69, 9.17) is 10.2 Å². The number of amides is 1. The van der Waals surface area contributed by atoms with Crippen molar-refractivity contribution in [2.75, 3.05) is 6.61 Å². The summed E-state index contributed by atoms with van der Waals surface area (Å²) in [7, 11) is 0. The standard InChI is InChI=1S/C12H16N2O5S/c15-6-9(17)11(18)8(16)5-13-14-12(19)7-3-1-2-4-10(7)20/h1-5,8-9,11,15-18,20H,6H2,(H,14,19)/t8-,9+,11-/m0/s1. The van der Waals surface area contributed by atoms with Crippen molar-refractivity contribution in [3.05, 3.63) is 29.8 Å². The molecule has 0 aromatic heterocycles. The first kappa shape index (κ1) is 16.6.